The number of hydrogen-bond donors (Lipinski definition) is 1. The monoisotopic (exact) mass is 257 g/mol. The van der Waals surface area contributed by atoms with Crippen LogP contribution in [0.1, 0.15) is 43.6 Å². The van der Waals surface area contributed by atoms with Crippen LogP contribution in [0.15, 0.2) is 12.3 Å². The van der Waals surface area contributed by atoms with Gasteiger partial charge < -0.3 is 5.32 Å². The third-order valence-corrected chi connectivity index (χ3v) is 5.58. The van der Waals surface area contributed by atoms with Gasteiger partial charge in [-0.2, -0.15) is 0 Å². The van der Waals surface area contributed by atoms with Crippen molar-refractivity contribution in [1.29, 1.82) is 0 Å². The minimum atomic E-state index is 0.753. The molecule has 1 N–H and O–H groups in total. The molecule has 4 saturated carbocycles. The van der Waals surface area contributed by atoms with Gasteiger partial charge in [0.05, 0.1) is 5.69 Å². The lowest BCUT2D eigenvalue weighted by Gasteiger charge is -2.54. The minimum Gasteiger partial charge on any atom is -0.308 e. The third kappa shape index (κ3) is 2.18. The van der Waals surface area contributed by atoms with Crippen molar-refractivity contribution in [2.45, 2.75) is 51.6 Å². The van der Waals surface area contributed by atoms with Gasteiger partial charge in [-0.1, -0.05) is 0 Å². The third-order valence-electron chi connectivity index (χ3n) is 5.58. The highest BCUT2D eigenvalue weighted by molar-refractivity contribution is 5.05. The number of hydrogen-bond acceptors (Lipinski definition) is 3. The molecule has 19 heavy (non-hydrogen) atoms. The van der Waals surface area contributed by atoms with E-state index in [2.05, 4.69) is 15.3 Å². The number of rotatable bonds is 3. The molecule has 0 unspecified atom stereocenters. The van der Waals surface area contributed by atoms with Crippen molar-refractivity contribution in [3.8, 4) is 0 Å². The quantitative estimate of drug-likeness (QED) is 0.904. The van der Waals surface area contributed by atoms with Crippen LogP contribution in [0.5, 0.6) is 0 Å². The van der Waals surface area contributed by atoms with Gasteiger partial charge in [0.2, 0.25) is 0 Å². The largest absolute Gasteiger partial charge is 0.308 e. The highest BCUT2D eigenvalue weighted by Gasteiger charge is 2.47. The first-order valence-corrected chi connectivity index (χ1v) is 7.80. The lowest BCUT2D eigenvalue weighted by Crippen LogP contribution is -2.54. The van der Waals surface area contributed by atoms with Crippen LogP contribution in [-0.4, -0.2) is 16.0 Å². The Morgan fingerprint density at radius 2 is 1.79 bits per heavy atom. The lowest BCUT2D eigenvalue weighted by molar-refractivity contribution is -0.0143. The van der Waals surface area contributed by atoms with Gasteiger partial charge in [0.1, 0.15) is 5.82 Å². The Hall–Kier alpha value is -0.960. The van der Waals surface area contributed by atoms with Crippen LogP contribution in [-0.2, 0) is 6.54 Å². The predicted molar refractivity (Wildman–Crippen MR) is 74.4 cm³/mol. The average Bonchev–Trinajstić information content (AvgIpc) is 2.37. The Labute approximate surface area is 115 Å². The maximum absolute atomic E-state index is 4.50. The van der Waals surface area contributed by atoms with E-state index >= 15 is 0 Å². The predicted octanol–water partition coefficient (Wildman–Crippen LogP) is 2.70. The first-order valence-electron chi connectivity index (χ1n) is 7.80. The van der Waals surface area contributed by atoms with Gasteiger partial charge in [-0.25, -0.2) is 9.97 Å². The summed E-state index contributed by atoms with van der Waals surface area (Å²) < 4.78 is 0. The van der Waals surface area contributed by atoms with Crippen LogP contribution < -0.4 is 5.32 Å². The first-order chi connectivity index (χ1) is 9.28. The summed E-state index contributed by atoms with van der Waals surface area (Å²) in [7, 11) is 0. The molecule has 102 valence electrons. The standard InChI is InChI=1S/C16H23N3/c1-10-17-3-2-15(19-10)9-18-16-13-5-11-4-12(7-13)8-14(16)6-11/h2-3,11-14,16,18H,4-9H2,1H3. The maximum Gasteiger partial charge on any atom is 0.125 e. The molecule has 1 aromatic heterocycles. The molecule has 0 amide bonds. The minimum absolute atomic E-state index is 0.753. The summed E-state index contributed by atoms with van der Waals surface area (Å²) in [5, 5.41) is 3.82. The van der Waals surface area contributed by atoms with Crippen LogP contribution in [0.2, 0.25) is 0 Å². The molecule has 4 aliphatic rings. The molecule has 0 saturated heterocycles. The fourth-order valence-electron chi connectivity index (χ4n) is 5.08. The van der Waals surface area contributed by atoms with Gasteiger partial charge in [0.25, 0.3) is 0 Å². The summed E-state index contributed by atoms with van der Waals surface area (Å²) in [5.41, 5.74) is 1.14. The fraction of sp³-hybridized carbons (Fsp3) is 0.750. The Kier molecular flexibility index (Phi) is 2.83. The van der Waals surface area contributed by atoms with E-state index < -0.39 is 0 Å². The van der Waals surface area contributed by atoms with E-state index in [9.17, 15) is 0 Å². The Morgan fingerprint density at radius 3 is 2.42 bits per heavy atom. The van der Waals surface area contributed by atoms with Crippen LogP contribution in [0.3, 0.4) is 0 Å². The highest BCUT2D eigenvalue weighted by Crippen LogP contribution is 2.53. The molecular formula is C16H23N3. The number of aromatic nitrogens is 2. The van der Waals surface area contributed by atoms with Crippen molar-refractivity contribution in [3.63, 3.8) is 0 Å². The second kappa shape index (κ2) is 4.55. The van der Waals surface area contributed by atoms with Crippen molar-refractivity contribution in [2.75, 3.05) is 0 Å². The molecule has 3 heteroatoms. The topological polar surface area (TPSA) is 37.8 Å². The molecular weight excluding hydrogens is 234 g/mol. The van der Waals surface area contributed by atoms with E-state index in [1.165, 1.54) is 32.1 Å². The van der Waals surface area contributed by atoms with Crippen LogP contribution in [0.4, 0.5) is 0 Å². The molecule has 1 heterocycles. The van der Waals surface area contributed by atoms with Crippen LogP contribution in [0, 0.1) is 30.6 Å². The molecule has 0 atom stereocenters. The average molecular weight is 257 g/mol. The van der Waals surface area contributed by atoms with E-state index in [1.807, 2.05) is 19.2 Å². The van der Waals surface area contributed by atoms with E-state index in [1.54, 1.807) is 0 Å². The van der Waals surface area contributed by atoms with Gasteiger partial charge in [0.15, 0.2) is 0 Å². The van der Waals surface area contributed by atoms with E-state index in [4.69, 9.17) is 0 Å². The molecule has 5 rings (SSSR count). The SMILES string of the molecule is Cc1nccc(CNC2C3CC4CC(C3)CC2C4)n1. The normalized spacial score (nSPS) is 39.7. The summed E-state index contributed by atoms with van der Waals surface area (Å²) in [5.74, 6) is 4.88. The summed E-state index contributed by atoms with van der Waals surface area (Å²) in [4.78, 5) is 8.67. The Morgan fingerprint density at radius 1 is 1.11 bits per heavy atom. The molecule has 0 radical (unpaired) electrons. The van der Waals surface area contributed by atoms with Gasteiger partial charge in [-0.15, -0.1) is 0 Å². The molecule has 0 spiro atoms. The Balaban J connectivity index is 1.43. The molecule has 4 bridgehead atoms. The fourth-order valence-corrected chi connectivity index (χ4v) is 5.08. The summed E-state index contributed by atoms with van der Waals surface area (Å²) >= 11 is 0. The lowest BCUT2D eigenvalue weighted by atomic mass is 9.54. The highest BCUT2D eigenvalue weighted by atomic mass is 15.0. The Bertz CT molecular complexity index is 443. The second-order valence-corrected chi connectivity index (χ2v) is 6.93. The molecule has 3 nitrogen and oxygen atoms in total. The summed E-state index contributed by atoms with van der Waals surface area (Å²) in [6.07, 6.45) is 9.32. The zero-order chi connectivity index (χ0) is 12.8. The van der Waals surface area contributed by atoms with Crippen LogP contribution in [0.25, 0.3) is 0 Å². The van der Waals surface area contributed by atoms with Crippen molar-refractivity contribution in [2.24, 2.45) is 23.7 Å². The maximum atomic E-state index is 4.50. The van der Waals surface area contributed by atoms with E-state index in [0.29, 0.717) is 0 Å². The summed E-state index contributed by atoms with van der Waals surface area (Å²) in [6.45, 7) is 2.88. The number of aryl methyl sites for hydroxylation is 1. The second-order valence-electron chi connectivity index (χ2n) is 6.93. The first kappa shape index (κ1) is 11.8. The molecule has 4 aliphatic carbocycles. The van der Waals surface area contributed by atoms with E-state index in [0.717, 1.165) is 47.8 Å². The van der Waals surface area contributed by atoms with Gasteiger partial charge >= 0.3 is 0 Å². The molecule has 4 fully saturated rings. The van der Waals surface area contributed by atoms with Crippen molar-refractivity contribution < 1.29 is 0 Å². The molecule has 1 aromatic rings. The number of nitrogens with one attached hydrogen (secondary N) is 1. The zero-order valence-corrected chi connectivity index (χ0v) is 11.7. The zero-order valence-electron chi connectivity index (χ0n) is 11.7. The smallest absolute Gasteiger partial charge is 0.125 e. The van der Waals surface area contributed by atoms with Gasteiger partial charge in [0, 0.05) is 18.8 Å². The number of nitrogens with zero attached hydrogens (tertiary/aromatic N) is 2. The van der Waals surface area contributed by atoms with Gasteiger partial charge in [-0.3, -0.25) is 0 Å². The summed E-state index contributed by atoms with van der Waals surface area (Å²) in [6, 6.07) is 2.79. The van der Waals surface area contributed by atoms with E-state index in [-0.39, 0.29) is 0 Å². The van der Waals surface area contributed by atoms with Crippen molar-refractivity contribution in [1.82, 2.24) is 15.3 Å². The van der Waals surface area contributed by atoms with Crippen LogP contribution >= 0.6 is 0 Å². The van der Waals surface area contributed by atoms with Gasteiger partial charge in [-0.05, 0) is 68.8 Å². The van der Waals surface area contributed by atoms with Crippen molar-refractivity contribution >= 4 is 0 Å². The molecule has 0 aliphatic heterocycles. The molecule has 0 aromatic carbocycles. The van der Waals surface area contributed by atoms with Crippen molar-refractivity contribution in [3.05, 3.63) is 23.8 Å².